The molecule has 2 atom stereocenters. The van der Waals surface area contributed by atoms with Gasteiger partial charge in [0.25, 0.3) is 0 Å². The van der Waals surface area contributed by atoms with Crippen molar-refractivity contribution in [3.63, 3.8) is 0 Å². The van der Waals surface area contributed by atoms with Crippen LogP contribution in [-0.2, 0) is 4.79 Å². The molecule has 1 aliphatic carbocycles. The molecule has 0 saturated heterocycles. The number of Topliss-reactive ketones (excluding diaryl/α,β-unsaturated/α-hetero) is 1. The van der Waals surface area contributed by atoms with Gasteiger partial charge >= 0.3 is 0 Å². The molecule has 2 aromatic rings. The first-order valence-electron chi connectivity index (χ1n) is 10.0. The standard InChI is InChI=1S/C24H28N2O4/c1-24(2)12-17-21(18(27)13-24)22(26-16-9-7-6-8-15(16)25-17)14-10-19(28-3)23(30-5)20(11-14)29-4/h6-12,21-22,25-26H,13H2,1-5H3. The molecule has 0 fully saturated rings. The summed E-state index contributed by atoms with van der Waals surface area (Å²) in [5, 5.41) is 7.11. The minimum Gasteiger partial charge on any atom is -0.493 e. The van der Waals surface area contributed by atoms with Crippen molar-refractivity contribution in [2.24, 2.45) is 11.3 Å². The largest absolute Gasteiger partial charge is 0.493 e. The number of ether oxygens (including phenoxy) is 3. The summed E-state index contributed by atoms with van der Waals surface area (Å²) >= 11 is 0. The summed E-state index contributed by atoms with van der Waals surface area (Å²) in [5.41, 5.74) is 3.51. The van der Waals surface area contributed by atoms with E-state index in [2.05, 4.69) is 30.6 Å². The SMILES string of the molecule is COc1cc(C2Nc3ccccc3NC3=CC(C)(C)CC(=O)C32)cc(OC)c1OC. The van der Waals surface area contributed by atoms with Gasteiger partial charge in [0.2, 0.25) is 5.75 Å². The molecule has 0 bridgehead atoms. The van der Waals surface area contributed by atoms with E-state index in [1.807, 2.05) is 36.4 Å². The number of benzene rings is 2. The minimum atomic E-state index is -0.353. The Morgan fingerprint density at radius 3 is 2.20 bits per heavy atom. The number of carbonyl (C=O) groups is 1. The molecule has 2 N–H and O–H groups in total. The van der Waals surface area contributed by atoms with Crippen LogP contribution < -0.4 is 24.8 Å². The summed E-state index contributed by atoms with van der Waals surface area (Å²) in [4.78, 5) is 13.4. The van der Waals surface area contributed by atoms with Crippen molar-refractivity contribution in [2.75, 3.05) is 32.0 Å². The van der Waals surface area contributed by atoms with E-state index in [-0.39, 0.29) is 23.2 Å². The Hall–Kier alpha value is -3.15. The van der Waals surface area contributed by atoms with Crippen LogP contribution in [0.1, 0.15) is 31.9 Å². The number of fused-ring (bicyclic) bond motifs is 2. The number of para-hydroxylation sites is 2. The molecule has 1 aliphatic heterocycles. The lowest BCUT2D eigenvalue weighted by Crippen LogP contribution is -2.36. The number of methoxy groups -OCH3 is 3. The van der Waals surface area contributed by atoms with E-state index in [4.69, 9.17) is 14.2 Å². The van der Waals surface area contributed by atoms with Crippen LogP contribution in [0.2, 0.25) is 0 Å². The summed E-state index contributed by atoms with van der Waals surface area (Å²) in [6, 6.07) is 11.5. The van der Waals surface area contributed by atoms with E-state index >= 15 is 0 Å². The molecule has 6 nitrogen and oxygen atoms in total. The van der Waals surface area contributed by atoms with E-state index in [1.165, 1.54) is 0 Å². The Kier molecular flexibility index (Phi) is 5.10. The number of anilines is 2. The van der Waals surface area contributed by atoms with Gasteiger partial charge in [0, 0.05) is 12.1 Å². The second kappa shape index (κ2) is 7.59. The molecule has 1 heterocycles. The summed E-state index contributed by atoms with van der Waals surface area (Å²) in [6.45, 7) is 4.18. The number of rotatable bonds is 4. The molecule has 4 rings (SSSR count). The molecule has 158 valence electrons. The normalized spacial score (nSPS) is 21.8. The van der Waals surface area contributed by atoms with Crippen molar-refractivity contribution in [1.29, 1.82) is 0 Å². The first-order chi connectivity index (χ1) is 14.4. The first kappa shape index (κ1) is 20.1. The predicted molar refractivity (Wildman–Crippen MR) is 118 cm³/mol. The van der Waals surface area contributed by atoms with Crippen molar-refractivity contribution in [3.8, 4) is 17.2 Å². The van der Waals surface area contributed by atoms with Crippen molar-refractivity contribution >= 4 is 17.2 Å². The zero-order valence-electron chi connectivity index (χ0n) is 18.0. The fourth-order valence-electron chi connectivity index (χ4n) is 4.45. The Bertz CT molecular complexity index is 987. The van der Waals surface area contributed by atoms with Crippen LogP contribution in [0.4, 0.5) is 11.4 Å². The fourth-order valence-corrected chi connectivity index (χ4v) is 4.45. The van der Waals surface area contributed by atoms with E-state index in [0.29, 0.717) is 23.7 Å². The van der Waals surface area contributed by atoms with Crippen molar-refractivity contribution in [1.82, 2.24) is 0 Å². The average molecular weight is 408 g/mol. The summed E-state index contributed by atoms with van der Waals surface area (Å²) in [5.74, 6) is 1.50. The van der Waals surface area contributed by atoms with Crippen LogP contribution >= 0.6 is 0 Å². The van der Waals surface area contributed by atoms with Crippen molar-refractivity contribution in [3.05, 3.63) is 53.7 Å². The average Bonchev–Trinajstić information content (AvgIpc) is 2.88. The highest BCUT2D eigenvalue weighted by Gasteiger charge is 2.42. The molecule has 0 spiro atoms. The Balaban J connectivity index is 1.91. The van der Waals surface area contributed by atoms with Gasteiger partial charge in [-0.15, -0.1) is 0 Å². The highest BCUT2D eigenvalue weighted by molar-refractivity contribution is 5.90. The van der Waals surface area contributed by atoms with Crippen LogP contribution in [0.25, 0.3) is 0 Å². The minimum absolute atomic E-state index is 0.198. The lowest BCUT2D eigenvalue weighted by atomic mass is 9.72. The molecular formula is C24H28N2O4. The Morgan fingerprint density at radius 2 is 1.60 bits per heavy atom. The van der Waals surface area contributed by atoms with Crippen LogP contribution in [0, 0.1) is 11.3 Å². The van der Waals surface area contributed by atoms with Crippen LogP contribution in [0.5, 0.6) is 17.2 Å². The molecule has 2 unspecified atom stereocenters. The maximum Gasteiger partial charge on any atom is 0.203 e. The second-order valence-electron chi connectivity index (χ2n) is 8.46. The monoisotopic (exact) mass is 408 g/mol. The molecule has 0 radical (unpaired) electrons. The molecule has 30 heavy (non-hydrogen) atoms. The molecule has 2 aromatic carbocycles. The van der Waals surface area contributed by atoms with Crippen LogP contribution in [0.15, 0.2) is 48.2 Å². The highest BCUT2D eigenvalue weighted by Crippen LogP contribution is 2.48. The number of hydrogen-bond acceptors (Lipinski definition) is 6. The first-order valence-corrected chi connectivity index (χ1v) is 10.0. The van der Waals surface area contributed by atoms with E-state index in [0.717, 1.165) is 22.6 Å². The molecule has 0 amide bonds. The molecule has 6 heteroatoms. The van der Waals surface area contributed by atoms with Crippen molar-refractivity contribution < 1.29 is 19.0 Å². The van der Waals surface area contributed by atoms with Gasteiger partial charge in [-0.05, 0) is 35.2 Å². The van der Waals surface area contributed by atoms with Gasteiger partial charge in [-0.3, -0.25) is 4.79 Å². The molecular weight excluding hydrogens is 380 g/mol. The van der Waals surface area contributed by atoms with Gasteiger partial charge in [-0.1, -0.05) is 32.1 Å². The predicted octanol–water partition coefficient (Wildman–Crippen LogP) is 4.79. The van der Waals surface area contributed by atoms with E-state index in [9.17, 15) is 4.79 Å². The molecule has 2 aliphatic rings. The van der Waals surface area contributed by atoms with Gasteiger partial charge in [-0.25, -0.2) is 0 Å². The Labute approximate surface area is 177 Å². The Morgan fingerprint density at radius 1 is 0.967 bits per heavy atom. The number of nitrogens with one attached hydrogen (secondary N) is 2. The van der Waals surface area contributed by atoms with Gasteiger partial charge in [0.1, 0.15) is 5.78 Å². The molecule has 0 aromatic heterocycles. The lowest BCUT2D eigenvalue weighted by Gasteiger charge is -2.35. The maximum atomic E-state index is 13.4. The number of allylic oxidation sites excluding steroid dienone is 1. The summed E-state index contributed by atoms with van der Waals surface area (Å²) in [7, 11) is 4.77. The highest BCUT2D eigenvalue weighted by atomic mass is 16.5. The third kappa shape index (κ3) is 3.47. The third-order valence-corrected chi connectivity index (χ3v) is 5.75. The zero-order chi connectivity index (χ0) is 21.5. The van der Waals surface area contributed by atoms with E-state index < -0.39 is 0 Å². The number of ketones is 1. The van der Waals surface area contributed by atoms with Crippen LogP contribution in [0.3, 0.4) is 0 Å². The zero-order valence-corrected chi connectivity index (χ0v) is 18.0. The molecule has 0 saturated carbocycles. The smallest absolute Gasteiger partial charge is 0.203 e. The maximum absolute atomic E-state index is 13.4. The third-order valence-electron chi connectivity index (χ3n) is 5.75. The topological polar surface area (TPSA) is 68.8 Å². The summed E-state index contributed by atoms with van der Waals surface area (Å²) in [6.07, 6.45) is 2.68. The fraction of sp³-hybridized carbons (Fsp3) is 0.375. The van der Waals surface area contributed by atoms with Crippen LogP contribution in [-0.4, -0.2) is 27.1 Å². The van der Waals surface area contributed by atoms with E-state index in [1.54, 1.807) is 21.3 Å². The second-order valence-corrected chi connectivity index (χ2v) is 8.46. The number of hydrogen-bond donors (Lipinski definition) is 2. The van der Waals surface area contributed by atoms with Crippen molar-refractivity contribution in [2.45, 2.75) is 26.3 Å². The van der Waals surface area contributed by atoms with Gasteiger partial charge in [0.05, 0.1) is 44.7 Å². The van der Waals surface area contributed by atoms with Gasteiger partial charge in [0.15, 0.2) is 11.5 Å². The quantitative estimate of drug-likeness (QED) is 0.758. The van der Waals surface area contributed by atoms with Gasteiger partial charge < -0.3 is 24.8 Å². The lowest BCUT2D eigenvalue weighted by molar-refractivity contribution is -0.124. The van der Waals surface area contributed by atoms with Gasteiger partial charge in [-0.2, -0.15) is 0 Å². The number of carbonyl (C=O) groups excluding carboxylic acids is 1. The summed E-state index contributed by atoms with van der Waals surface area (Å²) < 4.78 is 16.6.